The van der Waals surface area contributed by atoms with E-state index in [-0.39, 0.29) is 0 Å². The second kappa shape index (κ2) is 10.8. The highest BCUT2D eigenvalue weighted by Gasteiger charge is 2.82. The largest absolute Gasteiger partial charge is 0.481 e. The molecule has 0 radical (unpaired) electrons. The SMILES string of the molecule is O=C(O)C/C(CCC(F)(F)C(F)(F)C(F)(F)C(F)(F)F)=C(\CCC(F)(F)C(F)(F)C(F)(F)C(F)(F)F)C(=O)O. The average Bonchev–Trinajstić information content (AvgIpc) is 2.68. The molecule has 0 amide bonds. The Hall–Kier alpha value is -2.58. The van der Waals surface area contributed by atoms with Crippen LogP contribution >= 0.6 is 0 Å². The van der Waals surface area contributed by atoms with Gasteiger partial charge in [0.1, 0.15) is 0 Å². The van der Waals surface area contributed by atoms with Crippen molar-refractivity contribution in [1.29, 1.82) is 0 Å². The Balaban J connectivity index is 6.44. The van der Waals surface area contributed by atoms with E-state index in [0.717, 1.165) is 0 Å². The van der Waals surface area contributed by atoms with E-state index >= 15 is 0 Å². The molecule has 0 saturated heterocycles. The summed E-state index contributed by atoms with van der Waals surface area (Å²) in [6, 6.07) is 0. The third-order valence-corrected chi connectivity index (χ3v) is 4.90. The number of carbonyl (C=O) groups is 2. The molecule has 0 unspecified atom stereocenters. The second-order valence-corrected chi connectivity index (χ2v) is 7.66. The summed E-state index contributed by atoms with van der Waals surface area (Å²) in [5, 5.41) is 17.6. The Morgan fingerprint density at radius 1 is 0.487 bits per heavy atom. The summed E-state index contributed by atoms with van der Waals surface area (Å²) in [5.74, 6) is -47.4. The molecule has 230 valence electrons. The maximum Gasteiger partial charge on any atom is 0.460 e. The Morgan fingerprint density at radius 2 is 0.795 bits per heavy atom. The second-order valence-electron chi connectivity index (χ2n) is 7.66. The van der Waals surface area contributed by atoms with Crippen LogP contribution in [0.2, 0.25) is 0 Å². The van der Waals surface area contributed by atoms with Gasteiger partial charge in [-0.25, -0.2) is 4.79 Å². The molecule has 0 aromatic carbocycles. The van der Waals surface area contributed by atoms with Crippen LogP contribution in [-0.2, 0) is 9.59 Å². The Morgan fingerprint density at radius 3 is 1.05 bits per heavy atom. The first kappa shape index (κ1) is 36.4. The van der Waals surface area contributed by atoms with E-state index in [0.29, 0.717) is 0 Å². The minimum Gasteiger partial charge on any atom is -0.481 e. The summed E-state index contributed by atoms with van der Waals surface area (Å²) in [6.07, 6.45) is -27.0. The number of aliphatic carboxylic acids is 2. The molecule has 0 aromatic heterocycles. The average molecular weight is 622 g/mol. The molecule has 39 heavy (non-hydrogen) atoms. The monoisotopic (exact) mass is 622 g/mol. The number of halogens is 18. The fraction of sp³-hybridized carbons (Fsp3) is 0.765. The number of rotatable bonds is 13. The van der Waals surface area contributed by atoms with E-state index in [4.69, 9.17) is 10.2 Å². The van der Waals surface area contributed by atoms with Crippen molar-refractivity contribution in [2.45, 2.75) is 80.0 Å². The maximum atomic E-state index is 13.7. The lowest BCUT2D eigenvalue weighted by atomic mass is 9.90. The van der Waals surface area contributed by atoms with Crippen molar-refractivity contribution >= 4 is 11.9 Å². The zero-order valence-electron chi connectivity index (χ0n) is 18.0. The normalized spacial score (nSPS) is 15.7. The predicted octanol–water partition coefficient (Wildman–Crippen LogP) is 7.34. The van der Waals surface area contributed by atoms with Crippen molar-refractivity contribution < 1.29 is 98.8 Å². The lowest BCUT2D eigenvalue weighted by Crippen LogP contribution is -2.60. The van der Waals surface area contributed by atoms with Crippen LogP contribution in [0.4, 0.5) is 79.0 Å². The molecule has 0 aromatic rings. The van der Waals surface area contributed by atoms with Crippen LogP contribution in [0.5, 0.6) is 0 Å². The number of carboxylic acid groups (broad SMARTS) is 2. The zero-order valence-corrected chi connectivity index (χ0v) is 18.0. The fourth-order valence-corrected chi connectivity index (χ4v) is 2.68. The lowest BCUT2D eigenvalue weighted by molar-refractivity contribution is -0.396. The van der Waals surface area contributed by atoms with Gasteiger partial charge in [-0.2, -0.15) is 79.0 Å². The summed E-state index contributed by atoms with van der Waals surface area (Å²) < 4.78 is 233. The van der Waals surface area contributed by atoms with Crippen LogP contribution < -0.4 is 0 Å². The van der Waals surface area contributed by atoms with Crippen LogP contribution in [0.25, 0.3) is 0 Å². The van der Waals surface area contributed by atoms with E-state index in [1.807, 2.05) is 0 Å². The topological polar surface area (TPSA) is 74.6 Å². The minimum absolute atomic E-state index is 1.76. The third kappa shape index (κ3) is 6.95. The van der Waals surface area contributed by atoms with Gasteiger partial charge >= 0.3 is 59.8 Å². The van der Waals surface area contributed by atoms with Crippen molar-refractivity contribution in [2.75, 3.05) is 0 Å². The summed E-state index contributed by atoms with van der Waals surface area (Å²) >= 11 is 0. The van der Waals surface area contributed by atoms with Crippen LogP contribution in [0.15, 0.2) is 11.1 Å². The highest BCUT2D eigenvalue weighted by molar-refractivity contribution is 5.88. The Bertz CT molecular complexity index is 944. The van der Waals surface area contributed by atoms with Gasteiger partial charge in [0.15, 0.2) is 0 Å². The molecule has 2 N–H and O–H groups in total. The van der Waals surface area contributed by atoms with Crippen molar-refractivity contribution in [2.24, 2.45) is 0 Å². The van der Waals surface area contributed by atoms with Crippen LogP contribution in [0.3, 0.4) is 0 Å². The van der Waals surface area contributed by atoms with Gasteiger partial charge in [0.2, 0.25) is 0 Å². The van der Waals surface area contributed by atoms with E-state index in [2.05, 4.69) is 0 Å². The molecule has 0 bridgehead atoms. The van der Waals surface area contributed by atoms with Crippen molar-refractivity contribution in [3.05, 3.63) is 11.1 Å². The van der Waals surface area contributed by atoms with Crippen molar-refractivity contribution in [1.82, 2.24) is 0 Å². The van der Waals surface area contributed by atoms with E-state index in [1.54, 1.807) is 0 Å². The standard InChI is InChI=1S/C17H12F18O4/c18-10(19,12(22,23)14(26,27)16(30,31)32)3-1-6(5-8(36)37)7(9(38)39)2-4-11(20,21)13(24,25)15(28,29)17(33,34)35/h1-5H2,(H,36,37)(H,38,39)/b7-6+. The van der Waals surface area contributed by atoms with Gasteiger partial charge < -0.3 is 10.2 Å². The number of alkyl halides is 18. The summed E-state index contributed by atoms with van der Waals surface area (Å²) in [5.41, 5.74) is -3.80. The van der Waals surface area contributed by atoms with E-state index < -0.39 is 103 Å². The molecular weight excluding hydrogens is 610 g/mol. The smallest absolute Gasteiger partial charge is 0.460 e. The molecule has 0 aliphatic rings. The first-order chi connectivity index (χ1) is 16.8. The van der Waals surface area contributed by atoms with Gasteiger partial charge in [-0.3, -0.25) is 4.79 Å². The molecule has 0 fully saturated rings. The summed E-state index contributed by atoms with van der Waals surface area (Å²) in [4.78, 5) is 22.1. The zero-order chi connectivity index (χ0) is 31.8. The Labute approximate surface area is 203 Å². The van der Waals surface area contributed by atoms with Crippen LogP contribution in [0.1, 0.15) is 32.1 Å². The van der Waals surface area contributed by atoms with Crippen molar-refractivity contribution in [3.63, 3.8) is 0 Å². The van der Waals surface area contributed by atoms with Crippen LogP contribution in [0, 0.1) is 0 Å². The fourth-order valence-electron chi connectivity index (χ4n) is 2.68. The van der Waals surface area contributed by atoms with Gasteiger partial charge in [-0.1, -0.05) is 0 Å². The number of hydrogen-bond acceptors (Lipinski definition) is 2. The molecule has 0 atom stereocenters. The van der Waals surface area contributed by atoms with Gasteiger partial charge in [0.05, 0.1) is 6.42 Å². The summed E-state index contributed by atoms with van der Waals surface area (Å²) in [7, 11) is 0. The molecule has 0 rings (SSSR count). The Kier molecular flexibility index (Phi) is 10.1. The maximum absolute atomic E-state index is 13.7. The van der Waals surface area contributed by atoms with Gasteiger partial charge in [-0.05, 0) is 18.4 Å². The number of carboxylic acids is 2. The van der Waals surface area contributed by atoms with Gasteiger partial charge in [-0.15, -0.1) is 0 Å². The first-order valence-corrected chi connectivity index (χ1v) is 9.38. The molecule has 0 heterocycles. The number of hydrogen-bond donors (Lipinski definition) is 2. The molecule has 0 aliphatic heterocycles. The van der Waals surface area contributed by atoms with Crippen LogP contribution in [-0.4, -0.2) is 70.0 Å². The molecule has 4 nitrogen and oxygen atoms in total. The third-order valence-electron chi connectivity index (χ3n) is 4.90. The van der Waals surface area contributed by atoms with Gasteiger partial charge in [0, 0.05) is 18.4 Å². The minimum atomic E-state index is -7.45. The van der Waals surface area contributed by atoms with Gasteiger partial charge in [0.25, 0.3) is 0 Å². The first-order valence-electron chi connectivity index (χ1n) is 9.38. The molecule has 0 spiro atoms. The molecule has 0 saturated carbocycles. The van der Waals surface area contributed by atoms with E-state index in [1.165, 1.54) is 0 Å². The molecule has 0 aliphatic carbocycles. The van der Waals surface area contributed by atoms with Crippen molar-refractivity contribution in [3.8, 4) is 0 Å². The molecule has 22 heteroatoms. The predicted molar refractivity (Wildman–Crippen MR) is 87.2 cm³/mol. The highest BCUT2D eigenvalue weighted by atomic mass is 19.4. The molecular formula is C17H12F18O4. The summed E-state index contributed by atoms with van der Waals surface area (Å²) in [6.45, 7) is 0. The van der Waals surface area contributed by atoms with E-state index in [9.17, 15) is 88.6 Å². The lowest BCUT2D eigenvalue weighted by Gasteiger charge is -2.34. The highest BCUT2D eigenvalue weighted by Crippen LogP contribution is 2.56. The quantitative estimate of drug-likeness (QED) is 0.167.